The van der Waals surface area contributed by atoms with Crippen LogP contribution in [0, 0.1) is 0 Å². The third-order valence-electron chi connectivity index (χ3n) is 0.877. The molecule has 0 bridgehead atoms. The first-order valence-corrected chi connectivity index (χ1v) is 2.21. The molecule has 0 aliphatic carbocycles. The van der Waals surface area contributed by atoms with E-state index in [0.29, 0.717) is 0 Å². The van der Waals surface area contributed by atoms with Crippen LogP contribution in [0.15, 0.2) is 0 Å². The smallest absolute Gasteiger partial charge is 0.320 e. The maximum atomic E-state index is 10.4. The quantitative estimate of drug-likeness (QED) is 0.503. The van der Waals surface area contributed by atoms with Crippen molar-refractivity contribution in [3.63, 3.8) is 0 Å². The Hall–Kier alpha value is -0.570. The van der Waals surface area contributed by atoms with Gasteiger partial charge in [0.05, 0.1) is 0 Å². The second-order valence-corrected chi connectivity index (χ2v) is 1.46. The molecule has 0 radical (unpaired) electrons. The summed E-state index contributed by atoms with van der Waals surface area (Å²) in [6.45, 7) is -2.07. The SMILES string of the molecule is [2H][C@@H]1[C@@H](C(=O)O)NC([2H])([2H])[C@@H]1[2H]. The van der Waals surface area contributed by atoms with Crippen molar-refractivity contribution in [1.82, 2.24) is 5.32 Å². The molecule has 3 atom stereocenters. The standard InChI is InChI=1S/C5H9NO2/c7-5(8)4-2-1-3-6-4/h4,6H,1-3H2,(H,7,8)/t4-/m0/s1/i1D,2D,3D2/t1-,2+,4+/m1. The predicted molar refractivity (Wildman–Crippen MR) is 28.7 cm³/mol. The third kappa shape index (κ3) is 0.980. The van der Waals surface area contributed by atoms with Crippen molar-refractivity contribution in [2.45, 2.75) is 18.8 Å². The molecule has 46 valence electrons. The summed E-state index contributed by atoms with van der Waals surface area (Å²) in [5.41, 5.74) is 0. The number of hydrogen-bond acceptors (Lipinski definition) is 2. The molecule has 0 aromatic carbocycles. The minimum Gasteiger partial charge on any atom is -0.480 e. The average molecular weight is 119 g/mol. The van der Waals surface area contributed by atoms with Gasteiger partial charge in [-0.3, -0.25) is 4.79 Å². The van der Waals surface area contributed by atoms with E-state index in [9.17, 15) is 4.79 Å². The van der Waals surface area contributed by atoms with E-state index in [-0.39, 0.29) is 0 Å². The second-order valence-electron chi connectivity index (χ2n) is 1.46. The maximum absolute atomic E-state index is 10.4. The number of carboxylic acid groups (broad SMARTS) is 1. The van der Waals surface area contributed by atoms with Gasteiger partial charge in [0, 0.05) is 5.48 Å². The Bertz CT molecular complexity index is 210. The van der Waals surface area contributed by atoms with Crippen LogP contribution in [0.2, 0.25) is 0 Å². The molecular weight excluding hydrogens is 106 g/mol. The molecule has 1 rings (SSSR count). The highest BCUT2D eigenvalue weighted by Gasteiger charge is 2.20. The van der Waals surface area contributed by atoms with Crippen LogP contribution in [-0.2, 0) is 4.79 Å². The summed E-state index contributed by atoms with van der Waals surface area (Å²) < 4.78 is 28.6. The van der Waals surface area contributed by atoms with Gasteiger partial charge in [0.15, 0.2) is 0 Å². The highest BCUT2D eigenvalue weighted by atomic mass is 16.4. The maximum Gasteiger partial charge on any atom is 0.320 e. The summed E-state index contributed by atoms with van der Waals surface area (Å²) >= 11 is 0. The Morgan fingerprint density at radius 2 is 2.75 bits per heavy atom. The summed E-state index contributed by atoms with van der Waals surface area (Å²) in [6, 6.07) is -1.28. The van der Waals surface area contributed by atoms with Crippen molar-refractivity contribution in [2.75, 3.05) is 6.50 Å². The zero-order valence-electron chi connectivity index (χ0n) is 8.09. The predicted octanol–water partition coefficient (Wildman–Crippen LogP) is -0.177. The highest BCUT2D eigenvalue weighted by Crippen LogP contribution is 2.03. The number of nitrogens with one attached hydrogen (secondary N) is 1. The van der Waals surface area contributed by atoms with Gasteiger partial charge in [0.1, 0.15) is 6.04 Å². The first-order valence-electron chi connectivity index (χ1n) is 4.37. The summed E-state index contributed by atoms with van der Waals surface area (Å²) in [6.07, 6.45) is -2.60. The Morgan fingerprint density at radius 3 is 3.00 bits per heavy atom. The monoisotopic (exact) mass is 119 g/mol. The van der Waals surface area contributed by atoms with Gasteiger partial charge in [-0.1, -0.05) is 0 Å². The Labute approximate surface area is 53.3 Å². The van der Waals surface area contributed by atoms with Crippen molar-refractivity contribution >= 4 is 5.97 Å². The molecule has 8 heavy (non-hydrogen) atoms. The number of aliphatic carboxylic acids is 1. The third-order valence-corrected chi connectivity index (χ3v) is 0.877. The zero-order valence-corrected chi connectivity index (χ0v) is 4.09. The fourth-order valence-electron chi connectivity index (χ4n) is 0.474. The largest absolute Gasteiger partial charge is 0.480 e. The van der Waals surface area contributed by atoms with Gasteiger partial charge in [-0.15, -0.1) is 0 Å². The molecule has 0 unspecified atom stereocenters. The van der Waals surface area contributed by atoms with E-state index in [1.165, 1.54) is 0 Å². The average Bonchev–Trinajstić information content (AvgIpc) is 2.14. The lowest BCUT2D eigenvalue weighted by Gasteiger charge is -1.99. The van der Waals surface area contributed by atoms with Crippen molar-refractivity contribution < 1.29 is 15.4 Å². The van der Waals surface area contributed by atoms with Crippen molar-refractivity contribution in [3.8, 4) is 0 Å². The summed E-state index contributed by atoms with van der Waals surface area (Å²) in [5.74, 6) is -1.28. The fourth-order valence-corrected chi connectivity index (χ4v) is 0.474. The first kappa shape index (κ1) is 2.35. The molecule has 0 aromatic rings. The molecule has 1 aliphatic heterocycles. The molecule has 0 amide bonds. The van der Waals surface area contributed by atoms with E-state index in [1.807, 2.05) is 0 Å². The van der Waals surface area contributed by atoms with Crippen molar-refractivity contribution in [2.24, 2.45) is 0 Å². The fraction of sp³-hybridized carbons (Fsp3) is 0.800. The minimum absolute atomic E-state index is 1.25. The highest BCUT2D eigenvalue weighted by molar-refractivity contribution is 5.73. The van der Waals surface area contributed by atoms with Gasteiger partial charge in [-0.2, -0.15) is 0 Å². The normalized spacial score (nSPS) is 60.2. The van der Waals surface area contributed by atoms with Gasteiger partial charge in [-0.05, 0) is 19.3 Å². The van der Waals surface area contributed by atoms with Crippen LogP contribution in [0.5, 0.6) is 0 Å². The van der Waals surface area contributed by atoms with E-state index in [0.717, 1.165) is 0 Å². The zero-order chi connectivity index (χ0) is 9.52. The van der Waals surface area contributed by atoms with Crippen LogP contribution in [-0.4, -0.2) is 23.6 Å². The van der Waals surface area contributed by atoms with Crippen molar-refractivity contribution in [3.05, 3.63) is 0 Å². The number of rotatable bonds is 1. The Balaban J connectivity index is 2.81. The molecule has 1 fully saturated rings. The number of carbonyl (C=O) groups is 1. The molecule has 0 aromatic heterocycles. The van der Waals surface area contributed by atoms with Gasteiger partial charge < -0.3 is 10.4 Å². The molecule has 1 heterocycles. The summed E-state index contributed by atoms with van der Waals surface area (Å²) in [4.78, 5) is 10.4. The van der Waals surface area contributed by atoms with Crippen LogP contribution in [0.3, 0.4) is 0 Å². The number of carboxylic acids is 1. The molecule has 3 heteroatoms. The van der Waals surface area contributed by atoms with Crippen LogP contribution in [0.1, 0.15) is 18.3 Å². The van der Waals surface area contributed by atoms with E-state index in [1.54, 1.807) is 0 Å². The number of hydrogen-bond donors (Lipinski definition) is 2. The van der Waals surface area contributed by atoms with Crippen LogP contribution in [0.4, 0.5) is 0 Å². The van der Waals surface area contributed by atoms with E-state index in [4.69, 9.17) is 10.6 Å². The van der Waals surface area contributed by atoms with Gasteiger partial charge in [0.25, 0.3) is 0 Å². The lowest BCUT2D eigenvalue weighted by molar-refractivity contribution is -0.139. The van der Waals surface area contributed by atoms with E-state index in [2.05, 4.69) is 5.32 Å². The molecule has 3 nitrogen and oxygen atoms in total. The van der Waals surface area contributed by atoms with Crippen LogP contribution in [0.25, 0.3) is 0 Å². The van der Waals surface area contributed by atoms with Crippen molar-refractivity contribution in [1.29, 1.82) is 0 Å². The molecule has 2 N–H and O–H groups in total. The lowest BCUT2D eigenvalue weighted by atomic mass is 10.2. The van der Waals surface area contributed by atoms with Crippen LogP contribution < -0.4 is 5.32 Å². The molecule has 1 aliphatic rings. The molecule has 0 spiro atoms. The Morgan fingerprint density at radius 1 is 2.00 bits per heavy atom. The lowest BCUT2D eigenvalue weighted by Crippen LogP contribution is -2.29. The molecular formula is C5H9NO2. The minimum atomic E-state index is -2.07. The Kier molecular flexibility index (Phi) is 0.627. The molecule has 0 saturated carbocycles. The van der Waals surface area contributed by atoms with E-state index >= 15 is 0 Å². The summed E-state index contributed by atoms with van der Waals surface area (Å²) in [7, 11) is 0. The van der Waals surface area contributed by atoms with E-state index < -0.39 is 31.3 Å². The summed E-state index contributed by atoms with van der Waals surface area (Å²) in [5, 5.41) is 10.6. The topological polar surface area (TPSA) is 49.3 Å². The van der Waals surface area contributed by atoms with Gasteiger partial charge >= 0.3 is 5.97 Å². The second kappa shape index (κ2) is 2.13. The van der Waals surface area contributed by atoms with Crippen LogP contribution >= 0.6 is 0 Å². The van der Waals surface area contributed by atoms with Gasteiger partial charge in [-0.25, -0.2) is 0 Å². The van der Waals surface area contributed by atoms with Gasteiger partial charge in [0.2, 0.25) is 0 Å². The first-order chi connectivity index (χ1) is 5.36. The molecule has 1 saturated heterocycles.